The Hall–Kier alpha value is -0.0800. The Morgan fingerprint density at radius 3 is 2.43 bits per heavy atom. The quantitative estimate of drug-likeness (QED) is 0.735. The minimum absolute atomic E-state index is 0.327. The summed E-state index contributed by atoms with van der Waals surface area (Å²) in [6.07, 6.45) is 6.13. The van der Waals surface area contributed by atoms with E-state index in [0.717, 1.165) is 26.1 Å². The van der Waals surface area contributed by atoms with Crippen molar-refractivity contribution < 1.29 is 4.74 Å². The van der Waals surface area contributed by atoms with Gasteiger partial charge >= 0.3 is 0 Å². The lowest BCUT2D eigenvalue weighted by molar-refractivity contribution is 0.0397. The minimum Gasteiger partial charge on any atom is -0.381 e. The van der Waals surface area contributed by atoms with Gasteiger partial charge in [0.15, 0.2) is 0 Å². The molecule has 1 N–H and O–H groups in total. The minimum atomic E-state index is 0.327. The predicted molar refractivity (Wildman–Crippen MR) is 60.6 cm³/mol. The van der Waals surface area contributed by atoms with Crippen LogP contribution in [0.4, 0.5) is 0 Å². The third-order valence-electron chi connectivity index (χ3n) is 3.28. The molecule has 0 amide bonds. The topological polar surface area (TPSA) is 21.3 Å². The summed E-state index contributed by atoms with van der Waals surface area (Å²) in [5.41, 5.74) is 0.327. The number of nitrogens with one attached hydrogen (secondary N) is 1. The summed E-state index contributed by atoms with van der Waals surface area (Å²) in [4.78, 5) is 0. The average Bonchev–Trinajstić information content (AvgIpc) is 2.18. The predicted octanol–water partition coefficient (Wildman–Crippen LogP) is 2.72. The summed E-state index contributed by atoms with van der Waals surface area (Å²) in [7, 11) is 0. The van der Waals surface area contributed by atoms with E-state index in [4.69, 9.17) is 4.74 Å². The van der Waals surface area contributed by atoms with Gasteiger partial charge in [0.2, 0.25) is 0 Å². The van der Waals surface area contributed by atoms with Gasteiger partial charge in [-0.15, -0.1) is 0 Å². The smallest absolute Gasteiger partial charge is 0.0483 e. The molecule has 1 fully saturated rings. The highest BCUT2D eigenvalue weighted by Crippen LogP contribution is 2.21. The van der Waals surface area contributed by atoms with Crippen molar-refractivity contribution in [1.29, 1.82) is 0 Å². The molecule has 1 aliphatic rings. The molecule has 0 aliphatic carbocycles. The summed E-state index contributed by atoms with van der Waals surface area (Å²) in [5.74, 6) is 0. The second-order valence-electron chi connectivity index (χ2n) is 4.71. The highest BCUT2D eigenvalue weighted by atomic mass is 16.5. The molecule has 1 rings (SSSR count). The molecule has 0 bridgehead atoms. The number of hydrogen-bond donors (Lipinski definition) is 1. The van der Waals surface area contributed by atoms with Crippen molar-refractivity contribution in [3.63, 3.8) is 0 Å². The molecule has 0 spiro atoms. The van der Waals surface area contributed by atoms with Crippen molar-refractivity contribution in [2.45, 2.75) is 64.5 Å². The molecule has 1 atom stereocenters. The van der Waals surface area contributed by atoms with Gasteiger partial charge < -0.3 is 10.1 Å². The maximum atomic E-state index is 5.40. The second kappa shape index (κ2) is 5.72. The fraction of sp³-hybridized carbons (Fsp3) is 1.00. The Morgan fingerprint density at radius 2 is 1.93 bits per heavy atom. The van der Waals surface area contributed by atoms with Crippen LogP contribution in [0.15, 0.2) is 0 Å². The molecule has 0 aromatic heterocycles. The van der Waals surface area contributed by atoms with Gasteiger partial charge in [-0.1, -0.05) is 20.3 Å². The third-order valence-corrected chi connectivity index (χ3v) is 3.28. The Labute approximate surface area is 88.4 Å². The van der Waals surface area contributed by atoms with Crippen LogP contribution in [-0.2, 0) is 4.74 Å². The highest BCUT2D eigenvalue weighted by Gasteiger charge is 2.28. The normalized spacial score (nSPS) is 23.4. The van der Waals surface area contributed by atoms with Gasteiger partial charge in [0.25, 0.3) is 0 Å². The van der Waals surface area contributed by atoms with E-state index in [-0.39, 0.29) is 0 Å². The van der Waals surface area contributed by atoms with Crippen molar-refractivity contribution in [3.8, 4) is 0 Å². The van der Waals surface area contributed by atoms with Crippen LogP contribution in [0.25, 0.3) is 0 Å². The van der Waals surface area contributed by atoms with E-state index >= 15 is 0 Å². The first kappa shape index (κ1) is 12.0. The molecule has 2 heteroatoms. The largest absolute Gasteiger partial charge is 0.381 e. The molecule has 0 radical (unpaired) electrons. The zero-order chi connectivity index (χ0) is 10.4. The van der Waals surface area contributed by atoms with Crippen molar-refractivity contribution in [1.82, 2.24) is 5.32 Å². The molecule has 0 aromatic carbocycles. The zero-order valence-corrected chi connectivity index (χ0v) is 9.94. The lowest BCUT2D eigenvalue weighted by Crippen LogP contribution is -2.51. The van der Waals surface area contributed by atoms with E-state index < -0.39 is 0 Å². The van der Waals surface area contributed by atoms with E-state index in [1.807, 2.05) is 0 Å². The average molecular weight is 199 g/mol. The summed E-state index contributed by atoms with van der Waals surface area (Å²) in [6, 6.07) is 0.697. The SMILES string of the molecule is CCCC(CC)NC1(C)CCOCC1. The summed E-state index contributed by atoms with van der Waals surface area (Å²) < 4.78 is 5.40. The van der Waals surface area contributed by atoms with Crippen LogP contribution in [0.2, 0.25) is 0 Å². The molecule has 0 aromatic rings. The second-order valence-corrected chi connectivity index (χ2v) is 4.71. The molecule has 2 nitrogen and oxygen atoms in total. The molecule has 1 aliphatic heterocycles. The molecular weight excluding hydrogens is 174 g/mol. The van der Waals surface area contributed by atoms with Gasteiger partial charge in [-0.05, 0) is 32.6 Å². The molecule has 1 heterocycles. The van der Waals surface area contributed by atoms with Crippen molar-refractivity contribution in [3.05, 3.63) is 0 Å². The Bertz CT molecular complexity index is 152. The first-order valence-electron chi connectivity index (χ1n) is 6.05. The summed E-state index contributed by atoms with van der Waals surface area (Å²) in [6.45, 7) is 8.72. The van der Waals surface area contributed by atoms with Gasteiger partial charge in [0.1, 0.15) is 0 Å². The van der Waals surface area contributed by atoms with Gasteiger partial charge in [0, 0.05) is 24.8 Å². The Kier molecular flexibility index (Phi) is 4.90. The Balaban J connectivity index is 2.38. The summed E-state index contributed by atoms with van der Waals surface area (Å²) >= 11 is 0. The van der Waals surface area contributed by atoms with Gasteiger partial charge in [-0.2, -0.15) is 0 Å². The maximum absolute atomic E-state index is 5.40. The molecule has 0 saturated carbocycles. The third kappa shape index (κ3) is 3.58. The first-order chi connectivity index (χ1) is 6.70. The molecular formula is C12H25NO. The molecule has 84 valence electrons. The fourth-order valence-electron chi connectivity index (χ4n) is 2.19. The van der Waals surface area contributed by atoms with E-state index in [2.05, 4.69) is 26.1 Å². The summed E-state index contributed by atoms with van der Waals surface area (Å²) in [5, 5.41) is 3.80. The van der Waals surface area contributed by atoms with Crippen molar-refractivity contribution >= 4 is 0 Å². The van der Waals surface area contributed by atoms with Gasteiger partial charge in [0.05, 0.1) is 0 Å². The monoisotopic (exact) mass is 199 g/mol. The van der Waals surface area contributed by atoms with Crippen LogP contribution in [0.1, 0.15) is 52.9 Å². The van der Waals surface area contributed by atoms with Gasteiger partial charge in [-0.25, -0.2) is 0 Å². The number of rotatable bonds is 5. The highest BCUT2D eigenvalue weighted by molar-refractivity contribution is 4.88. The molecule has 1 saturated heterocycles. The van der Waals surface area contributed by atoms with Crippen LogP contribution in [0, 0.1) is 0 Å². The number of ether oxygens (including phenoxy) is 1. The Morgan fingerprint density at radius 1 is 1.29 bits per heavy atom. The van der Waals surface area contributed by atoms with Crippen LogP contribution < -0.4 is 5.32 Å². The standard InChI is InChI=1S/C12H25NO/c1-4-6-11(5-2)13-12(3)7-9-14-10-8-12/h11,13H,4-10H2,1-3H3. The maximum Gasteiger partial charge on any atom is 0.0483 e. The van der Waals surface area contributed by atoms with Crippen molar-refractivity contribution in [2.75, 3.05) is 13.2 Å². The lowest BCUT2D eigenvalue weighted by Gasteiger charge is -2.38. The van der Waals surface area contributed by atoms with Gasteiger partial charge in [-0.3, -0.25) is 0 Å². The molecule has 14 heavy (non-hydrogen) atoms. The zero-order valence-electron chi connectivity index (χ0n) is 9.94. The van der Waals surface area contributed by atoms with Crippen LogP contribution in [0.5, 0.6) is 0 Å². The first-order valence-corrected chi connectivity index (χ1v) is 6.05. The van der Waals surface area contributed by atoms with E-state index in [0.29, 0.717) is 11.6 Å². The van der Waals surface area contributed by atoms with Crippen LogP contribution in [0.3, 0.4) is 0 Å². The van der Waals surface area contributed by atoms with E-state index in [9.17, 15) is 0 Å². The van der Waals surface area contributed by atoms with Crippen molar-refractivity contribution in [2.24, 2.45) is 0 Å². The van der Waals surface area contributed by atoms with E-state index in [1.165, 1.54) is 19.3 Å². The van der Waals surface area contributed by atoms with Crippen LogP contribution >= 0.6 is 0 Å². The lowest BCUT2D eigenvalue weighted by atomic mass is 9.90. The van der Waals surface area contributed by atoms with E-state index in [1.54, 1.807) is 0 Å². The fourth-order valence-corrected chi connectivity index (χ4v) is 2.19. The van der Waals surface area contributed by atoms with Crippen LogP contribution in [-0.4, -0.2) is 24.8 Å². The molecule has 1 unspecified atom stereocenters. The number of hydrogen-bond acceptors (Lipinski definition) is 2.